The Morgan fingerprint density at radius 1 is 1.27 bits per heavy atom. The molecule has 3 fully saturated rings. The molecule has 0 amide bonds. The Hall–Kier alpha value is -0.300. The molecule has 0 spiro atoms. The van der Waals surface area contributed by atoms with Gasteiger partial charge in [0.05, 0.1) is 0 Å². The SMILES string of the molecule is C.C=CC1CN2CCC1CC2. The summed E-state index contributed by atoms with van der Waals surface area (Å²) in [6.45, 7) is 7.85. The van der Waals surface area contributed by atoms with Gasteiger partial charge in [-0.05, 0) is 37.8 Å². The van der Waals surface area contributed by atoms with Gasteiger partial charge in [-0.15, -0.1) is 6.58 Å². The van der Waals surface area contributed by atoms with Gasteiger partial charge in [0, 0.05) is 6.54 Å². The minimum atomic E-state index is 0. The summed E-state index contributed by atoms with van der Waals surface area (Å²) in [5.41, 5.74) is 0. The van der Waals surface area contributed by atoms with Crippen molar-refractivity contribution < 1.29 is 0 Å². The number of hydrogen-bond donors (Lipinski definition) is 0. The zero-order chi connectivity index (χ0) is 6.97. The third kappa shape index (κ3) is 1.48. The monoisotopic (exact) mass is 153 g/mol. The van der Waals surface area contributed by atoms with E-state index in [0.29, 0.717) is 0 Å². The van der Waals surface area contributed by atoms with Gasteiger partial charge in [0.25, 0.3) is 0 Å². The highest BCUT2D eigenvalue weighted by molar-refractivity contribution is 4.94. The zero-order valence-electron chi connectivity index (χ0n) is 6.42. The van der Waals surface area contributed by atoms with Gasteiger partial charge < -0.3 is 4.90 Å². The summed E-state index contributed by atoms with van der Waals surface area (Å²) in [5, 5.41) is 0. The van der Waals surface area contributed by atoms with Crippen LogP contribution in [0.4, 0.5) is 0 Å². The van der Waals surface area contributed by atoms with E-state index in [2.05, 4.69) is 17.6 Å². The number of hydrogen-bond acceptors (Lipinski definition) is 1. The Morgan fingerprint density at radius 3 is 2.18 bits per heavy atom. The Labute approximate surface area is 70.1 Å². The lowest BCUT2D eigenvalue weighted by molar-refractivity contribution is 0.0738. The van der Waals surface area contributed by atoms with Crippen LogP contribution in [-0.4, -0.2) is 24.5 Å². The molecule has 3 aliphatic heterocycles. The summed E-state index contributed by atoms with van der Waals surface area (Å²) in [5.74, 6) is 1.78. The number of rotatable bonds is 1. The van der Waals surface area contributed by atoms with E-state index in [1.165, 1.54) is 32.5 Å². The summed E-state index contributed by atoms with van der Waals surface area (Å²) in [4.78, 5) is 2.56. The fourth-order valence-electron chi connectivity index (χ4n) is 2.28. The van der Waals surface area contributed by atoms with E-state index in [1.807, 2.05) is 0 Å². The molecule has 1 nitrogen and oxygen atoms in total. The molecule has 1 unspecified atom stereocenters. The topological polar surface area (TPSA) is 3.24 Å². The van der Waals surface area contributed by atoms with Crippen LogP contribution in [0.15, 0.2) is 12.7 Å². The predicted octanol–water partition coefficient (Wildman–Crippen LogP) is 2.15. The number of nitrogens with zero attached hydrogens (tertiary/aromatic N) is 1. The highest BCUT2D eigenvalue weighted by atomic mass is 15.1. The Morgan fingerprint density at radius 2 is 1.91 bits per heavy atom. The Balaban J connectivity index is 0.000000605. The summed E-state index contributed by atoms with van der Waals surface area (Å²) in [6, 6.07) is 0. The maximum atomic E-state index is 3.88. The molecule has 2 bridgehead atoms. The van der Waals surface area contributed by atoms with Crippen molar-refractivity contribution in [3.8, 4) is 0 Å². The van der Waals surface area contributed by atoms with E-state index in [-0.39, 0.29) is 7.43 Å². The first kappa shape index (κ1) is 8.79. The van der Waals surface area contributed by atoms with Crippen LogP contribution in [0.5, 0.6) is 0 Å². The minimum Gasteiger partial charge on any atom is -0.303 e. The maximum Gasteiger partial charge on any atom is 0.00469 e. The second-order valence-corrected chi connectivity index (χ2v) is 3.54. The molecular formula is C10H19N. The number of piperidine rings is 3. The molecule has 3 aliphatic rings. The van der Waals surface area contributed by atoms with Gasteiger partial charge in [0.2, 0.25) is 0 Å². The third-order valence-corrected chi connectivity index (χ3v) is 3.01. The molecule has 3 saturated heterocycles. The average Bonchev–Trinajstić information content (AvgIpc) is 2.06. The molecule has 0 saturated carbocycles. The molecular weight excluding hydrogens is 134 g/mol. The van der Waals surface area contributed by atoms with E-state index in [9.17, 15) is 0 Å². The van der Waals surface area contributed by atoms with Crippen molar-refractivity contribution in [2.24, 2.45) is 11.8 Å². The largest absolute Gasteiger partial charge is 0.303 e. The molecule has 0 aromatic carbocycles. The van der Waals surface area contributed by atoms with Gasteiger partial charge in [-0.1, -0.05) is 13.5 Å². The van der Waals surface area contributed by atoms with Gasteiger partial charge in [-0.25, -0.2) is 0 Å². The van der Waals surface area contributed by atoms with Crippen LogP contribution in [0, 0.1) is 11.8 Å². The summed E-state index contributed by atoms with van der Waals surface area (Å²) < 4.78 is 0. The molecule has 64 valence electrons. The van der Waals surface area contributed by atoms with Crippen LogP contribution in [0.3, 0.4) is 0 Å². The van der Waals surface area contributed by atoms with Crippen LogP contribution in [0.2, 0.25) is 0 Å². The van der Waals surface area contributed by atoms with E-state index >= 15 is 0 Å². The highest BCUT2D eigenvalue weighted by Crippen LogP contribution is 2.32. The average molecular weight is 153 g/mol. The van der Waals surface area contributed by atoms with E-state index in [4.69, 9.17) is 0 Å². The van der Waals surface area contributed by atoms with Crippen LogP contribution < -0.4 is 0 Å². The fourth-order valence-corrected chi connectivity index (χ4v) is 2.28. The number of fused-ring (bicyclic) bond motifs is 3. The lowest BCUT2D eigenvalue weighted by Gasteiger charge is -2.43. The van der Waals surface area contributed by atoms with Crippen molar-refractivity contribution in [3.05, 3.63) is 12.7 Å². The van der Waals surface area contributed by atoms with Crippen LogP contribution in [0.1, 0.15) is 20.3 Å². The molecule has 3 rings (SSSR count). The van der Waals surface area contributed by atoms with Gasteiger partial charge in [-0.3, -0.25) is 0 Å². The fraction of sp³-hybridized carbons (Fsp3) is 0.800. The van der Waals surface area contributed by atoms with E-state index in [1.54, 1.807) is 0 Å². The van der Waals surface area contributed by atoms with Crippen molar-refractivity contribution in [3.63, 3.8) is 0 Å². The first-order valence-corrected chi connectivity index (χ1v) is 4.25. The zero-order valence-corrected chi connectivity index (χ0v) is 6.42. The minimum absolute atomic E-state index is 0. The van der Waals surface area contributed by atoms with E-state index < -0.39 is 0 Å². The van der Waals surface area contributed by atoms with Gasteiger partial charge in [0.15, 0.2) is 0 Å². The smallest absolute Gasteiger partial charge is 0.00469 e. The van der Waals surface area contributed by atoms with Gasteiger partial charge in [-0.2, -0.15) is 0 Å². The molecule has 11 heavy (non-hydrogen) atoms. The molecule has 0 aliphatic carbocycles. The van der Waals surface area contributed by atoms with Crippen molar-refractivity contribution in [1.82, 2.24) is 4.90 Å². The summed E-state index contributed by atoms with van der Waals surface area (Å²) >= 11 is 0. The van der Waals surface area contributed by atoms with Crippen molar-refractivity contribution in [2.45, 2.75) is 20.3 Å². The Kier molecular flexibility index (Phi) is 2.72. The normalized spacial score (nSPS) is 41.3. The first-order chi connectivity index (χ1) is 4.90. The lowest BCUT2D eigenvalue weighted by atomic mass is 9.79. The molecule has 1 heteroatoms. The quantitative estimate of drug-likeness (QED) is 0.522. The molecule has 1 atom stereocenters. The maximum absolute atomic E-state index is 3.88. The summed E-state index contributed by atoms with van der Waals surface area (Å²) in [7, 11) is 0. The molecule has 0 aromatic heterocycles. The van der Waals surface area contributed by atoms with Crippen molar-refractivity contribution >= 4 is 0 Å². The highest BCUT2D eigenvalue weighted by Gasteiger charge is 2.31. The van der Waals surface area contributed by atoms with E-state index in [0.717, 1.165) is 11.8 Å². The van der Waals surface area contributed by atoms with Gasteiger partial charge in [0.1, 0.15) is 0 Å². The molecule has 3 heterocycles. The van der Waals surface area contributed by atoms with Crippen LogP contribution in [-0.2, 0) is 0 Å². The predicted molar refractivity (Wildman–Crippen MR) is 49.6 cm³/mol. The molecule has 0 radical (unpaired) electrons. The second kappa shape index (κ2) is 3.40. The van der Waals surface area contributed by atoms with Crippen molar-refractivity contribution in [2.75, 3.05) is 19.6 Å². The standard InChI is InChI=1S/C9H15N.CH4/c1-2-8-7-10-5-3-9(8)4-6-10;/h2,8-9H,1,3-7H2;1H4. The molecule has 0 N–H and O–H groups in total. The Bertz CT molecular complexity index is 134. The first-order valence-electron chi connectivity index (χ1n) is 4.25. The molecule has 0 aromatic rings. The lowest BCUT2D eigenvalue weighted by Crippen LogP contribution is -2.46. The summed E-state index contributed by atoms with van der Waals surface area (Å²) in [6.07, 6.45) is 4.98. The van der Waals surface area contributed by atoms with Crippen molar-refractivity contribution in [1.29, 1.82) is 0 Å². The van der Waals surface area contributed by atoms with Crippen LogP contribution >= 0.6 is 0 Å². The third-order valence-electron chi connectivity index (χ3n) is 3.01. The van der Waals surface area contributed by atoms with Crippen LogP contribution in [0.25, 0.3) is 0 Å². The van der Waals surface area contributed by atoms with Gasteiger partial charge >= 0.3 is 0 Å². The second-order valence-electron chi connectivity index (χ2n) is 3.54.